The van der Waals surface area contributed by atoms with E-state index >= 15 is 0 Å². The summed E-state index contributed by atoms with van der Waals surface area (Å²) in [5.74, 6) is 1.28. The second-order valence-electron chi connectivity index (χ2n) is 5.65. The number of amides is 1. The fraction of sp³-hybridized carbons (Fsp3) is 0.769. The van der Waals surface area contributed by atoms with Crippen LogP contribution in [0.5, 0.6) is 0 Å². The monoisotopic (exact) mass is 269 g/mol. The Morgan fingerprint density at radius 1 is 1.42 bits per heavy atom. The molecule has 1 aromatic rings. The second kappa shape index (κ2) is 6.65. The summed E-state index contributed by atoms with van der Waals surface area (Å²) < 4.78 is 5.15. The predicted molar refractivity (Wildman–Crippen MR) is 70.7 cm³/mol. The Kier molecular flexibility index (Phi) is 5.47. The fourth-order valence-electron chi connectivity index (χ4n) is 1.52. The van der Waals surface area contributed by atoms with Crippen LogP contribution >= 0.6 is 0 Å². The minimum atomic E-state index is -0.126. The topological polar surface area (TPSA) is 79.5 Å². The van der Waals surface area contributed by atoms with E-state index in [1.54, 1.807) is 7.05 Å². The minimum absolute atomic E-state index is 0.0131. The normalized spacial score (nSPS) is 11.6. The zero-order valence-electron chi connectivity index (χ0n) is 12.1. The van der Waals surface area contributed by atoms with Crippen LogP contribution in [0.1, 0.15) is 45.3 Å². The maximum absolute atomic E-state index is 11.6. The highest BCUT2D eigenvalue weighted by atomic mass is 16.5. The van der Waals surface area contributed by atoms with E-state index in [9.17, 15) is 4.79 Å². The SMILES string of the molecule is CN(CCO)C(=O)CCCc1nc(C(C)(C)C)no1. The van der Waals surface area contributed by atoms with Crippen LogP contribution in [0.3, 0.4) is 0 Å². The zero-order chi connectivity index (χ0) is 14.5. The van der Waals surface area contributed by atoms with Gasteiger partial charge in [-0.3, -0.25) is 4.79 Å². The van der Waals surface area contributed by atoms with Crippen LogP contribution in [0, 0.1) is 0 Å². The van der Waals surface area contributed by atoms with Crippen LogP contribution in [-0.4, -0.2) is 46.3 Å². The summed E-state index contributed by atoms with van der Waals surface area (Å²) in [4.78, 5) is 17.5. The first kappa shape index (κ1) is 15.6. The van der Waals surface area contributed by atoms with Gasteiger partial charge in [0.2, 0.25) is 11.8 Å². The van der Waals surface area contributed by atoms with Crippen molar-refractivity contribution < 1.29 is 14.4 Å². The van der Waals surface area contributed by atoms with E-state index in [-0.39, 0.29) is 17.9 Å². The van der Waals surface area contributed by atoms with Crippen molar-refractivity contribution in [3.8, 4) is 0 Å². The lowest BCUT2D eigenvalue weighted by Gasteiger charge is -2.14. The Labute approximate surface area is 113 Å². The molecule has 0 saturated carbocycles. The highest BCUT2D eigenvalue weighted by Crippen LogP contribution is 2.18. The molecule has 1 aromatic heterocycles. The Morgan fingerprint density at radius 2 is 2.11 bits per heavy atom. The van der Waals surface area contributed by atoms with E-state index in [1.165, 1.54) is 4.90 Å². The lowest BCUT2D eigenvalue weighted by Crippen LogP contribution is -2.29. The third kappa shape index (κ3) is 4.98. The second-order valence-corrected chi connectivity index (χ2v) is 5.65. The first-order valence-corrected chi connectivity index (χ1v) is 6.52. The average molecular weight is 269 g/mol. The molecule has 0 bridgehead atoms. The summed E-state index contributed by atoms with van der Waals surface area (Å²) in [5.41, 5.74) is -0.126. The van der Waals surface area contributed by atoms with Crippen molar-refractivity contribution in [3.05, 3.63) is 11.7 Å². The van der Waals surface area contributed by atoms with Gasteiger partial charge < -0.3 is 14.5 Å². The van der Waals surface area contributed by atoms with Gasteiger partial charge in [0.05, 0.1) is 6.61 Å². The summed E-state index contributed by atoms with van der Waals surface area (Å²) in [5, 5.41) is 12.7. The van der Waals surface area contributed by atoms with Gasteiger partial charge in [0, 0.05) is 31.8 Å². The van der Waals surface area contributed by atoms with Crippen molar-refractivity contribution >= 4 is 5.91 Å². The minimum Gasteiger partial charge on any atom is -0.395 e. The van der Waals surface area contributed by atoms with Crippen LogP contribution in [-0.2, 0) is 16.6 Å². The summed E-state index contributed by atoms with van der Waals surface area (Å²) >= 11 is 0. The molecular formula is C13H23N3O3. The number of aromatic nitrogens is 2. The highest BCUT2D eigenvalue weighted by molar-refractivity contribution is 5.75. The van der Waals surface area contributed by atoms with Crippen LogP contribution < -0.4 is 0 Å². The Hall–Kier alpha value is -1.43. The molecule has 0 atom stereocenters. The van der Waals surface area contributed by atoms with Crippen LogP contribution in [0.15, 0.2) is 4.52 Å². The number of likely N-dealkylation sites (N-methyl/N-ethyl adjacent to an activating group) is 1. The molecule has 0 unspecified atom stereocenters. The van der Waals surface area contributed by atoms with E-state index in [0.29, 0.717) is 37.5 Å². The molecule has 1 amide bonds. The molecule has 0 aliphatic heterocycles. The maximum atomic E-state index is 11.6. The van der Waals surface area contributed by atoms with E-state index < -0.39 is 0 Å². The Bertz CT molecular complexity index is 410. The van der Waals surface area contributed by atoms with Gasteiger partial charge in [0.1, 0.15) is 0 Å². The number of carbonyl (C=O) groups excluding carboxylic acids is 1. The number of nitrogens with zero attached hydrogens (tertiary/aromatic N) is 3. The molecule has 0 radical (unpaired) electrons. The quantitative estimate of drug-likeness (QED) is 0.837. The van der Waals surface area contributed by atoms with Crippen molar-refractivity contribution in [1.82, 2.24) is 15.0 Å². The van der Waals surface area contributed by atoms with E-state index in [4.69, 9.17) is 9.63 Å². The standard InChI is InChI=1S/C13H23N3O3/c1-13(2,3)12-14-10(19-15-12)6-5-7-11(18)16(4)8-9-17/h17H,5-9H2,1-4H3. The van der Waals surface area contributed by atoms with Crippen molar-refractivity contribution in [2.24, 2.45) is 0 Å². The number of hydrogen-bond donors (Lipinski definition) is 1. The van der Waals surface area contributed by atoms with Crippen LogP contribution in [0.25, 0.3) is 0 Å². The summed E-state index contributed by atoms with van der Waals surface area (Å²) in [6, 6.07) is 0. The van der Waals surface area contributed by atoms with Gasteiger partial charge in [-0.2, -0.15) is 4.98 Å². The molecule has 1 heterocycles. The van der Waals surface area contributed by atoms with Gasteiger partial charge in [-0.1, -0.05) is 25.9 Å². The third-order valence-corrected chi connectivity index (χ3v) is 2.78. The van der Waals surface area contributed by atoms with Crippen molar-refractivity contribution in [2.45, 2.75) is 45.4 Å². The lowest BCUT2D eigenvalue weighted by atomic mass is 9.96. The summed E-state index contributed by atoms with van der Waals surface area (Å²) in [6.07, 6.45) is 1.69. The first-order chi connectivity index (χ1) is 8.84. The number of carbonyl (C=O) groups is 1. The number of aryl methyl sites for hydroxylation is 1. The van der Waals surface area contributed by atoms with Crippen molar-refractivity contribution in [3.63, 3.8) is 0 Å². The molecule has 0 aliphatic carbocycles. The Balaban J connectivity index is 2.37. The smallest absolute Gasteiger partial charge is 0.226 e. The number of aliphatic hydroxyl groups is 1. The van der Waals surface area contributed by atoms with E-state index in [1.807, 2.05) is 20.8 Å². The van der Waals surface area contributed by atoms with Gasteiger partial charge >= 0.3 is 0 Å². The van der Waals surface area contributed by atoms with Gasteiger partial charge in [-0.05, 0) is 6.42 Å². The van der Waals surface area contributed by atoms with Gasteiger partial charge in [0.25, 0.3) is 0 Å². The molecule has 108 valence electrons. The molecule has 6 heteroatoms. The molecule has 19 heavy (non-hydrogen) atoms. The van der Waals surface area contributed by atoms with E-state index in [2.05, 4.69) is 10.1 Å². The van der Waals surface area contributed by atoms with Gasteiger partial charge in [-0.25, -0.2) is 0 Å². The lowest BCUT2D eigenvalue weighted by molar-refractivity contribution is -0.130. The average Bonchev–Trinajstić information content (AvgIpc) is 2.77. The third-order valence-electron chi connectivity index (χ3n) is 2.78. The summed E-state index contributed by atoms with van der Waals surface area (Å²) in [6.45, 7) is 6.42. The van der Waals surface area contributed by atoms with Crippen molar-refractivity contribution in [2.75, 3.05) is 20.2 Å². The molecule has 0 fully saturated rings. The van der Waals surface area contributed by atoms with E-state index in [0.717, 1.165) is 0 Å². The highest BCUT2D eigenvalue weighted by Gasteiger charge is 2.20. The zero-order valence-corrected chi connectivity index (χ0v) is 12.1. The molecule has 0 saturated heterocycles. The molecule has 0 spiro atoms. The molecule has 0 aliphatic rings. The fourth-order valence-corrected chi connectivity index (χ4v) is 1.52. The first-order valence-electron chi connectivity index (χ1n) is 6.52. The molecule has 1 N–H and O–H groups in total. The van der Waals surface area contributed by atoms with Crippen LogP contribution in [0.2, 0.25) is 0 Å². The maximum Gasteiger partial charge on any atom is 0.226 e. The summed E-state index contributed by atoms with van der Waals surface area (Å²) in [7, 11) is 1.68. The van der Waals surface area contributed by atoms with Gasteiger partial charge in [0.15, 0.2) is 5.82 Å². The van der Waals surface area contributed by atoms with Crippen molar-refractivity contribution in [1.29, 1.82) is 0 Å². The van der Waals surface area contributed by atoms with Gasteiger partial charge in [-0.15, -0.1) is 0 Å². The molecule has 0 aromatic carbocycles. The Morgan fingerprint density at radius 3 is 2.63 bits per heavy atom. The largest absolute Gasteiger partial charge is 0.395 e. The molecule has 1 rings (SSSR count). The predicted octanol–water partition coefficient (Wildman–Crippen LogP) is 1.14. The van der Waals surface area contributed by atoms with Crippen LogP contribution in [0.4, 0.5) is 0 Å². The molecular weight excluding hydrogens is 246 g/mol. The number of aliphatic hydroxyl groups excluding tert-OH is 1. The number of rotatable bonds is 6. The molecule has 6 nitrogen and oxygen atoms in total. The number of hydrogen-bond acceptors (Lipinski definition) is 5.